The summed E-state index contributed by atoms with van der Waals surface area (Å²) in [6.07, 6.45) is 10.9. The summed E-state index contributed by atoms with van der Waals surface area (Å²) in [6.45, 7) is 12.5. The molecule has 12 heteroatoms. The number of carbonyl (C=O) groups is 2. The fraction of sp³-hybridized carbons (Fsp3) is 0.485. The molecule has 3 aliphatic rings. The summed E-state index contributed by atoms with van der Waals surface area (Å²) in [6, 6.07) is 8.74. The average molecular weight is 611 g/mol. The van der Waals surface area contributed by atoms with Gasteiger partial charge in [-0.3, -0.25) is 28.9 Å². The third-order valence-corrected chi connectivity index (χ3v) is 9.82. The molecule has 1 atom stereocenters. The number of rotatable bonds is 8. The van der Waals surface area contributed by atoms with E-state index in [0.717, 1.165) is 99.3 Å². The van der Waals surface area contributed by atoms with Gasteiger partial charge < -0.3 is 15.1 Å². The molecule has 3 saturated heterocycles. The number of aromatic nitrogens is 5. The number of nitrogens with zero attached hydrogens (tertiary/aromatic N) is 8. The summed E-state index contributed by atoms with van der Waals surface area (Å²) < 4.78 is 4.18. The molecule has 4 aromatic rings. The standard InChI is InChI=1S/C33H42N10O2/c1-23-24(2)42-14-11-34-32(42)31(36-23)37-26-21-35-43(22-26)28-9-12-39(13-10-28)15-16-40-17-19-41(20-18-40)27-5-3-25(4-6-27)29-7-8-30(44)38-33(29)45/h3-6,11,14,21-22,28-29H,7-10,12-13,15-20H2,1-2H3,(H,36,37)(H,38,44,45). The Morgan fingerprint density at radius 1 is 0.933 bits per heavy atom. The molecular weight excluding hydrogens is 568 g/mol. The van der Waals surface area contributed by atoms with Gasteiger partial charge in [0.1, 0.15) is 0 Å². The first-order chi connectivity index (χ1) is 21.9. The molecule has 2 N–H and O–H groups in total. The van der Waals surface area contributed by atoms with E-state index in [1.54, 1.807) is 6.20 Å². The van der Waals surface area contributed by atoms with Crippen molar-refractivity contribution in [2.45, 2.75) is 51.5 Å². The molecule has 45 heavy (non-hydrogen) atoms. The summed E-state index contributed by atoms with van der Waals surface area (Å²) in [5.74, 6) is 0.174. The number of fused-ring (bicyclic) bond motifs is 1. The zero-order valence-corrected chi connectivity index (χ0v) is 26.2. The van der Waals surface area contributed by atoms with Crippen LogP contribution in [0.4, 0.5) is 17.2 Å². The van der Waals surface area contributed by atoms with Crippen molar-refractivity contribution in [3.8, 4) is 0 Å². The first-order valence-electron chi connectivity index (χ1n) is 16.2. The fourth-order valence-corrected chi connectivity index (χ4v) is 6.89. The van der Waals surface area contributed by atoms with E-state index < -0.39 is 0 Å². The van der Waals surface area contributed by atoms with Crippen LogP contribution in [0.3, 0.4) is 0 Å². The highest BCUT2D eigenvalue weighted by Crippen LogP contribution is 2.28. The lowest BCUT2D eigenvalue weighted by molar-refractivity contribution is -0.134. The lowest BCUT2D eigenvalue weighted by atomic mass is 9.90. The number of nitrogens with one attached hydrogen (secondary N) is 2. The minimum atomic E-state index is -0.229. The number of benzene rings is 1. The lowest BCUT2D eigenvalue weighted by Crippen LogP contribution is -2.49. The van der Waals surface area contributed by atoms with Crippen molar-refractivity contribution in [1.82, 2.24) is 39.3 Å². The van der Waals surface area contributed by atoms with Gasteiger partial charge in [0.05, 0.1) is 29.5 Å². The van der Waals surface area contributed by atoms with Crippen molar-refractivity contribution >= 4 is 34.7 Å². The van der Waals surface area contributed by atoms with Crippen LogP contribution >= 0.6 is 0 Å². The van der Waals surface area contributed by atoms with Crippen molar-refractivity contribution in [3.63, 3.8) is 0 Å². The maximum absolute atomic E-state index is 12.2. The molecule has 1 aromatic carbocycles. The quantitative estimate of drug-likeness (QED) is 0.290. The second-order valence-corrected chi connectivity index (χ2v) is 12.6. The van der Waals surface area contributed by atoms with E-state index in [2.05, 4.69) is 64.7 Å². The highest BCUT2D eigenvalue weighted by molar-refractivity contribution is 6.00. The molecule has 3 fully saturated rings. The van der Waals surface area contributed by atoms with Gasteiger partial charge in [-0.25, -0.2) is 9.97 Å². The van der Waals surface area contributed by atoms with Gasteiger partial charge in [-0.1, -0.05) is 12.1 Å². The molecule has 0 bridgehead atoms. The summed E-state index contributed by atoms with van der Waals surface area (Å²) in [5, 5.41) is 10.6. The Kier molecular flexibility index (Phi) is 8.24. The molecule has 7 rings (SSSR count). The van der Waals surface area contributed by atoms with Crippen LogP contribution in [-0.4, -0.2) is 98.1 Å². The SMILES string of the molecule is Cc1nc(Nc2cnn(C3CCN(CCN4CCN(c5ccc(C6CCC(=O)NC6=O)cc5)CC4)CC3)c2)c2nccn2c1C. The molecule has 3 aromatic heterocycles. The number of piperazine rings is 1. The van der Waals surface area contributed by atoms with Crippen LogP contribution in [0.15, 0.2) is 49.1 Å². The Bertz CT molecular complexity index is 1660. The number of imidazole rings is 1. The third kappa shape index (κ3) is 6.30. The van der Waals surface area contributed by atoms with Gasteiger partial charge in [-0.15, -0.1) is 0 Å². The van der Waals surface area contributed by atoms with Crippen molar-refractivity contribution < 1.29 is 9.59 Å². The smallest absolute Gasteiger partial charge is 0.234 e. The van der Waals surface area contributed by atoms with E-state index in [9.17, 15) is 9.59 Å². The molecule has 3 aliphatic heterocycles. The number of piperidine rings is 2. The van der Waals surface area contributed by atoms with Gasteiger partial charge in [0.2, 0.25) is 11.8 Å². The molecule has 2 amide bonds. The number of amides is 2. The average Bonchev–Trinajstić information content (AvgIpc) is 3.74. The number of hydrogen-bond acceptors (Lipinski definition) is 9. The number of carbonyl (C=O) groups excluding carboxylic acids is 2. The molecule has 0 radical (unpaired) electrons. The Labute approximate surface area is 263 Å². The van der Waals surface area contributed by atoms with Crippen molar-refractivity contribution in [3.05, 3.63) is 66.0 Å². The number of hydrogen-bond donors (Lipinski definition) is 2. The molecule has 0 saturated carbocycles. The van der Waals surface area contributed by atoms with Gasteiger partial charge in [0.25, 0.3) is 0 Å². The lowest BCUT2D eigenvalue weighted by Gasteiger charge is -2.38. The van der Waals surface area contributed by atoms with Gasteiger partial charge >= 0.3 is 0 Å². The summed E-state index contributed by atoms with van der Waals surface area (Å²) in [4.78, 5) is 40.5. The Morgan fingerprint density at radius 3 is 2.40 bits per heavy atom. The number of likely N-dealkylation sites (tertiary alicyclic amines) is 1. The van der Waals surface area contributed by atoms with E-state index in [1.165, 1.54) is 5.69 Å². The monoisotopic (exact) mass is 610 g/mol. The largest absolute Gasteiger partial charge is 0.369 e. The minimum Gasteiger partial charge on any atom is -0.369 e. The van der Waals surface area contributed by atoms with Crippen LogP contribution in [0, 0.1) is 13.8 Å². The third-order valence-electron chi connectivity index (χ3n) is 9.82. The van der Waals surface area contributed by atoms with Crippen LogP contribution in [0.5, 0.6) is 0 Å². The zero-order valence-electron chi connectivity index (χ0n) is 26.2. The first-order valence-corrected chi connectivity index (χ1v) is 16.2. The Morgan fingerprint density at radius 2 is 1.67 bits per heavy atom. The molecule has 1 unspecified atom stereocenters. The van der Waals surface area contributed by atoms with Crippen molar-refractivity contribution in [2.75, 3.05) is 62.6 Å². The number of aryl methyl sites for hydroxylation is 2. The van der Waals surface area contributed by atoms with Gasteiger partial charge in [-0.05, 0) is 50.8 Å². The van der Waals surface area contributed by atoms with Crippen LogP contribution in [0.2, 0.25) is 0 Å². The zero-order chi connectivity index (χ0) is 30.9. The number of imide groups is 1. The molecule has 12 nitrogen and oxygen atoms in total. The van der Waals surface area contributed by atoms with Crippen molar-refractivity contribution in [2.24, 2.45) is 0 Å². The minimum absolute atomic E-state index is 0.170. The van der Waals surface area contributed by atoms with E-state index in [1.807, 2.05) is 31.5 Å². The molecule has 6 heterocycles. The predicted molar refractivity (Wildman–Crippen MR) is 173 cm³/mol. The molecule has 0 aliphatic carbocycles. The van der Waals surface area contributed by atoms with Gasteiger partial charge in [-0.2, -0.15) is 5.10 Å². The van der Waals surface area contributed by atoms with E-state index in [-0.39, 0.29) is 17.7 Å². The highest BCUT2D eigenvalue weighted by Gasteiger charge is 2.28. The van der Waals surface area contributed by atoms with Crippen LogP contribution in [-0.2, 0) is 9.59 Å². The fourth-order valence-electron chi connectivity index (χ4n) is 6.89. The molecule has 236 valence electrons. The maximum atomic E-state index is 12.2. The van der Waals surface area contributed by atoms with Crippen molar-refractivity contribution in [1.29, 1.82) is 0 Å². The summed E-state index contributed by atoms with van der Waals surface area (Å²) >= 11 is 0. The molecule has 0 spiro atoms. The van der Waals surface area contributed by atoms with Crippen LogP contribution in [0.25, 0.3) is 5.65 Å². The van der Waals surface area contributed by atoms with Gasteiger partial charge in [0.15, 0.2) is 11.5 Å². The highest BCUT2D eigenvalue weighted by atomic mass is 16.2. The van der Waals surface area contributed by atoms with E-state index >= 15 is 0 Å². The van der Waals surface area contributed by atoms with Gasteiger partial charge in [0, 0.05) is 88.8 Å². The second-order valence-electron chi connectivity index (χ2n) is 12.6. The molecular formula is C33H42N10O2. The van der Waals surface area contributed by atoms with E-state index in [0.29, 0.717) is 18.9 Å². The predicted octanol–water partition coefficient (Wildman–Crippen LogP) is 3.27. The first kappa shape index (κ1) is 29.4. The van der Waals surface area contributed by atoms with Crippen LogP contribution in [0.1, 0.15) is 54.6 Å². The topological polar surface area (TPSA) is 116 Å². The summed E-state index contributed by atoms with van der Waals surface area (Å²) in [5.41, 5.74) is 6.01. The second kappa shape index (κ2) is 12.6. The number of anilines is 3. The normalized spacial score (nSPS) is 20.6. The van der Waals surface area contributed by atoms with E-state index in [4.69, 9.17) is 10.1 Å². The Hall–Kier alpha value is -4.29. The Balaban J connectivity index is 0.845. The summed E-state index contributed by atoms with van der Waals surface area (Å²) in [7, 11) is 0. The van der Waals surface area contributed by atoms with Crippen LogP contribution < -0.4 is 15.5 Å². The maximum Gasteiger partial charge on any atom is 0.234 e.